The monoisotopic (exact) mass is 305 g/mol. The summed E-state index contributed by atoms with van der Waals surface area (Å²) in [6.45, 7) is 3.65. The highest BCUT2D eigenvalue weighted by Crippen LogP contribution is 2.26. The van der Waals surface area contributed by atoms with Crippen molar-refractivity contribution < 1.29 is 13.6 Å². The van der Waals surface area contributed by atoms with Gasteiger partial charge in [0, 0.05) is 0 Å². The predicted molar refractivity (Wildman–Crippen MR) is 80.2 cm³/mol. The van der Waals surface area contributed by atoms with Crippen LogP contribution in [0.5, 0.6) is 0 Å². The maximum Gasteiger partial charge on any atom is 0.212 e. The first-order valence-electron chi connectivity index (χ1n) is 7.38. The molecule has 4 N–H and O–H groups in total. The van der Waals surface area contributed by atoms with Gasteiger partial charge < -0.3 is 10.9 Å². The average Bonchev–Trinajstić information content (AvgIpc) is 2.44. The Bertz CT molecular complexity index is 424. The maximum atomic E-state index is 12.3. The van der Waals surface area contributed by atoms with E-state index in [-0.39, 0.29) is 17.5 Å². The number of nitrogens with zero attached hydrogens (tertiary/aromatic N) is 1. The van der Waals surface area contributed by atoms with E-state index in [1.54, 1.807) is 0 Å². The fraction of sp³-hybridized carbons (Fsp3) is 0.923. The van der Waals surface area contributed by atoms with Crippen LogP contribution in [0.3, 0.4) is 0 Å². The number of hydrogen-bond donors (Lipinski definition) is 3. The minimum atomic E-state index is -3.44. The van der Waals surface area contributed by atoms with Crippen LogP contribution in [0.2, 0.25) is 0 Å². The average molecular weight is 305 g/mol. The van der Waals surface area contributed by atoms with Crippen molar-refractivity contribution in [2.45, 2.75) is 64.3 Å². The van der Waals surface area contributed by atoms with Crippen LogP contribution in [0.15, 0.2) is 5.16 Å². The van der Waals surface area contributed by atoms with Gasteiger partial charge in [-0.05, 0) is 31.6 Å². The van der Waals surface area contributed by atoms with Crippen molar-refractivity contribution in [2.24, 2.45) is 16.8 Å². The van der Waals surface area contributed by atoms with Crippen molar-refractivity contribution in [3.05, 3.63) is 0 Å². The molecule has 0 unspecified atom stereocenters. The number of amidine groups is 1. The van der Waals surface area contributed by atoms with Crippen LogP contribution in [0.4, 0.5) is 0 Å². The molecule has 1 saturated carbocycles. The lowest BCUT2D eigenvalue weighted by Gasteiger charge is -2.32. The Balaban J connectivity index is 2.80. The molecule has 0 aromatic rings. The Morgan fingerprint density at radius 1 is 1.30 bits per heavy atom. The summed E-state index contributed by atoms with van der Waals surface area (Å²) in [4.78, 5) is 0. The third-order valence-electron chi connectivity index (χ3n) is 4.34. The third kappa shape index (κ3) is 4.34. The van der Waals surface area contributed by atoms with Gasteiger partial charge in [-0.1, -0.05) is 38.3 Å². The van der Waals surface area contributed by atoms with Gasteiger partial charge in [0.05, 0.1) is 11.3 Å². The van der Waals surface area contributed by atoms with Crippen molar-refractivity contribution in [3.8, 4) is 0 Å². The predicted octanol–water partition coefficient (Wildman–Crippen LogP) is 1.79. The molecule has 1 fully saturated rings. The summed E-state index contributed by atoms with van der Waals surface area (Å²) in [5.74, 6) is 0.280. The van der Waals surface area contributed by atoms with Gasteiger partial charge in [-0.25, -0.2) is 13.1 Å². The first kappa shape index (κ1) is 17.2. The summed E-state index contributed by atoms with van der Waals surface area (Å²) in [5.41, 5.74) is 4.70. The molecule has 0 atom stereocenters. The standard InChI is InChI=1S/C13H27N3O3S/c1-3-13(4-2,12(14)15-17)16-20(18,19)10-11-8-6-5-7-9-11/h11,16-17H,3-10H2,1-2H3,(H2,14,15). The van der Waals surface area contributed by atoms with E-state index in [1.807, 2.05) is 13.8 Å². The minimum Gasteiger partial charge on any atom is -0.409 e. The zero-order valence-corrected chi connectivity index (χ0v) is 13.2. The molecular formula is C13H27N3O3S. The summed E-state index contributed by atoms with van der Waals surface area (Å²) in [6.07, 6.45) is 6.24. The number of nitrogens with two attached hydrogens (primary N) is 1. The molecule has 1 aliphatic carbocycles. The molecule has 20 heavy (non-hydrogen) atoms. The molecule has 118 valence electrons. The molecule has 0 aliphatic heterocycles. The first-order chi connectivity index (χ1) is 9.39. The lowest BCUT2D eigenvalue weighted by molar-refractivity contribution is 0.307. The van der Waals surface area contributed by atoms with E-state index in [9.17, 15) is 8.42 Å². The second kappa shape index (κ2) is 7.26. The van der Waals surface area contributed by atoms with Crippen LogP contribution < -0.4 is 10.5 Å². The minimum absolute atomic E-state index is 0.0743. The lowest BCUT2D eigenvalue weighted by Crippen LogP contribution is -2.57. The van der Waals surface area contributed by atoms with Crippen molar-refractivity contribution >= 4 is 15.9 Å². The molecule has 7 heteroatoms. The summed E-state index contributed by atoms with van der Waals surface area (Å²) >= 11 is 0. The molecule has 1 aliphatic rings. The second-order valence-corrected chi connectivity index (χ2v) is 7.43. The summed E-state index contributed by atoms with van der Waals surface area (Å²) in [5, 5.41) is 11.9. The number of nitrogens with one attached hydrogen (secondary N) is 1. The van der Waals surface area contributed by atoms with Gasteiger partial charge in [0.1, 0.15) is 0 Å². The number of hydrogen-bond acceptors (Lipinski definition) is 4. The van der Waals surface area contributed by atoms with Crippen LogP contribution >= 0.6 is 0 Å². The van der Waals surface area contributed by atoms with Crippen LogP contribution in [0, 0.1) is 5.92 Å². The van der Waals surface area contributed by atoms with Gasteiger partial charge in [0.2, 0.25) is 10.0 Å². The third-order valence-corrected chi connectivity index (χ3v) is 5.95. The van der Waals surface area contributed by atoms with E-state index in [0.29, 0.717) is 12.8 Å². The van der Waals surface area contributed by atoms with Crippen LogP contribution in [0.25, 0.3) is 0 Å². The molecule has 0 bridgehead atoms. The quantitative estimate of drug-likeness (QED) is 0.288. The van der Waals surface area contributed by atoms with Crippen molar-refractivity contribution in [1.82, 2.24) is 4.72 Å². The highest BCUT2D eigenvalue weighted by atomic mass is 32.2. The van der Waals surface area contributed by atoms with Crippen LogP contribution in [-0.2, 0) is 10.0 Å². The van der Waals surface area contributed by atoms with Crippen LogP contribution in [-0.4, -0.2) is 30.8 Å². The molecule has 1 rings (SSSR count). The van der Waals surface area contributed by atoms with E-state index >= 15 is 0 Å². The van der Waals surface area contributed by atoms with E-state index in [0.717, 1.165) is 25.7 Å². The van der Waals surface area contributed by atoms with Gasteiger partial charge in [-0.2, -0.15) is 0 Å². The largest absolute Gasteiger partial charge is 0.409 e. The molecule has 0 spiro atoms. The Kier molecular flexibility index (Phi) is 6.26. The molecule has 0 amide bonds. The number of rotatable bonds is 7. The lowest BCUT2D eigenvalue weighted by atomic mass is 9.91. The molecule has 0 heterocycles. The van der Waals surface area contributed by atoms with Gasteiger partial charge in [-0.15, -0.1) is 0 Å². The Hall–Kier alpha value is -0.820. The van der Waals surface area contributed by atoms with Crippen LogP contribution in [0.1, 0.15) is 58.8 Å². The maximum absolute atomic E-state index is 12.3. The Labute approximate surface area is 121 Å². The highest BCUT2D eigenvalue weighted by Gasteiger charge is 2.36. The van der Waals surface area contributed by atoms with Gasteiger partial charge >= 0.3 is 0 Å². The summed E-state index contributed by atoms with van der Waals surface area (Å²) < 4.78 is 27.4. The van der Waals surface area contributed by atoms with E-state index in [4.69, 9.17) is 10.9 Å². The van der Waals surface area contributed by atoms with E-state index in [1.165, 1.54) is 6.42 Å². The zero-order valence-electron chi connectivity index (χ0n) is 12.4. The zero-order chi connectivity index (χ0) is 15.2. The van der Waals surface area contributed by atoms with Crippen molar-refractivity contribution in [2.75, 3.05) is 5.75 Å². The van der Waals surface area contributed by atoms with Crippen molar-refractivity contribution in [3.63, 3.8) is 0 Å². The first-order valence-corrected chi connectivity index (χ1v) is 9.04. The molecule has 0 aromatic heterocycles. The summed E-state index contributed by atoms with van der Waals surface area (Å²) in [6, 6.07) is 0. The van der Waals surface area contributed by atoms with Crippen molar-refractivity contribution in [1.29, 1.82) is 0 Å². The fourth-order valence-corrected chi connectivity index (χ4v) is 4.93. The molecular weight excluding hydrogens is 278 g/mol. The number of sulfonamides is 1. The smallest absolute Gasteiger partial charge is 0.212 e. The number of oxime groups is 1. The van der Waals surface area contributed by atoms with Gasteiger partial charge in [0.25, 0.3) is 0 Å². The van der Waals surface area contributed by atoms with Gasteiger partial charge in [-0.3, -0.25) is 0 Å². The fourth-order valence-electron chi connectivity index (χ4n) is 2.91. The van der Waals surface area contributed by atoms with Gasteiger partial charge in [0.15, 0.2) is 5.84 Å². The Morgan fingerprint density at radius 2 is 1.85 bits per heavy atom. The molecule has 0 saturated heterocycles. The molecule has 0 radical (unpaired) electrons. The molecule has 6 nitrogen and oxygen atoms in total. The molecule has 0 aromatic carbocycles. The SMILES string of the molecule is CCC(CC)(NS(=O)(=O)CC1CCCCC1)C(N)=NO. The normalized spacial score (nSPS) is 19.2. The topological polar surface area (TPSA) is 105 Å². The highest BCUT2D eigenvalue weighted by molar-refractivity contribution is 7.89. The summed E-state index contributed by atoms with van der Waals surface area (Å²) in [7, 11) is -3.44. The Morgan fingerprint density at radius 3 is 2.30 bits per heavy atom. The van der Waals surface area contributed by atoms with E-state index in [2.05, 4.69) is 9.88 Å². The van der Waals surface area contributed by atoms with E-state index < -0.39 is 15.6 Å². The second-order valence-electron chi connectivity index (χ2n) is 5.66.